The van der Waals surface area contributed by atoms with E-state index in [9.17, 15) is 9.18 Å². The molecule has 2 aromatic rings. The molecule has 2 aliphatic rings. The predicted octanol–water partition coefficient (Wildman–Crippen LogP) is 3.96. The van der Waals surface area contributed by atoms with Crippen molar-refractivity contribution < 1.29 is 13.7 Å². The van der Waals surface area contributed by atoms with Crippen LogP contribution in [-0.4, -0.2) is 46.0 Å². The lowest BCUT2D eigenvalue weighted by atomic mass is 9.77. The van der Waals surface area contributed by atoms with Crippen molar-refractivity contribution >= 4 is 17.5 Å². The number of nitrogens with zero attached hydrogens (tertiary/aromatic N) is 3. The van der Waals surface area contributed by atoms with Gasteiger partial charge in [0, 0.05) is 42.3 Å². The summed E-state index contributed by atoms with van der Waals surface area (Å²) in [4.78, 5) is 17.1. The van der Waals surface area contributed by atoms with Crippen LogP contribution >= 0.6 is 11.6 Å². The van der Waals surface area contributed by atoms with E-state index in [2.05, 4.69) is 10.1 Å². The minimum Gasteiger partial charge on any atom is -0.361 e. The molecule has 144 valence electrons. The Bertz CT molecular complexity index is 865. The molecular formula is C20H23ClFN3O2. The summed E-state index contributed by atoms with van der Waals surface area (Å²) >= 11 is 5.97. The van der Waals surface area contributed by atoms with Gasteiger partial charge < -0.3 is 9.42 Å². The zero-order valence-electron chi connectivity index (χ0n) is 15.6. The van der Waals surface area contributed by atoms with Gasteiger partial charge in [0.2, 0.25) is 0 Å². The van der Waals surface area contributed by atoms with Crippen LogP contribution in [0, 0.1) is 19.7 Å². The highest BCUT2D eigenvalue weighted by Gasteiger charge is 2.48. The second-order valence-corrected chi connectivity index (χ2v) is 8.09. The molecule has 0 aliphatic carbocycles. The van der Waals surface area contributed by atoms with Crippen LogP contribution in [0.1, 0.15) is 46.6 Å². The lowest BCUT2D eigenvalue weighted by Crippen LogP contribution is -2.67. The van der Waals surface area contributed by atoms with Crippen molar-refractivity contribution in [2.45, 2.75) is 45.2 Å². The van der Waals surface area contributed by atoms with E-state index in [4.69, 9.17) is 16.1 Å². The number of piperidine rings is 1. The summed E-state index contributed by atoms with van der Waals surface area (Å²) in [6, 6.07) is 4.13. The predicted molar refractivity (Wildman–Crippen MR) is 100 cm³/mol. The lowest BCUT2D eigenvalue weighted by molar-refractivity contribution is -0.0652. The van der Waals surface area contributed by atoms with Crippen molar-refractivity contribution in [1.82, 2.24) is 15.0 Å². The second-order valence-electron chi connectivity index (χ2n) is 7.65. The highest BCUT2D eigenvalue weighted by atomic mass is 35.5. The van der Waals surface area contributed by atoms with E-state index in [0.29, 0.717) is 18.1 Å². The number of likely N-dealkylation sites (tertiary alicyclic amines) is 2. The SMILES string of the molecule is Cc1noc(C)c1CN1CCC12CCCN(C(=O)c1cc(Cl)ccc1F)C2. The standard InChI is InChI=1S/C20H23ClFN3O2/c1-13-17(14(2)27-23-13)11-25-9-7-20(25)6-3-8-24(12-20)19(26)16-10-15(21)4-5-18(16)22/h4-5,10H,3,6-9,11-12H2,1-2H3. The second kappa shape index (κ2) is 6.91. The zero-order valence-corrected chi connectivity index (χ0v) is 16.4. The van der Waals surface area contributed by atoms with Crippen LogP contribution in [0.5, 0.6) is 0 Å². The number of amides is 1. The first-order valence-corrected chi connectivity index (χ1v) is 9.68. The molecule has 4 rings (SSSR count). The quantitative estimate of drug-likeness (QED) is 0.794. The Morgan fingerprint density at radius 2 is 2.15 bits per heavy atom. The fourth-order valence-electron chi connectivity index (χ4n) is 4.33. The van der Waals surface area contributed by atoms with E-state index in [1.54, 1.807) is 4.90 Å². The van der Waals surface area contributed by atoms with E-state index < -0.39 is 5.82 Å². The third-order valence-corrected chi connectivity index (χ3v) is 6.28. The summed E-state index contributed by atoms with van der Waals surface area (Å²) in [6.45, 7) is 6.90. The number of halogens is 2. The first-order chi connectivity index (χ1) is 12.9. The van der Waals surface area contributed by atoms with Gasteiger partial charge in [0.1, 0.15) is 11.6 Å². The number of hydrogen-bond acceptors (Lipinski definition) is 4. The Labute approximate surface area is 163 Å². The van der Waals surface area contributed by atoms with Crippen LogP contribution in [0.4, 0.5) is 4.39 Å². The number of benzene rings is 1. The maximum Gasteiger partial charge on any atom is 0.256 e. The van der Waals surface area contributed by atoms with E-state index >= 15 is 0 Å². The molecule has 0 saturated carbocycles. The number of rotatable bonds is 3. The molecule has 0 N–H and O–H groups in total. The molecule has 2 saturated heterocycles. The van der Waals surface area contributed by atoms with Crippen LogP contribution in [-0.2, 0) is 6.54 Å². The molecule has 1 unspecified atom stereocenters. The topological polar surface area (TPSA) is 49.6 Å². The maximum atomic E-state index is 14.1. The molecule has 2 fully saturated rings. The Balaban J connectivity index is 1.52. The van der Waals surface area contributed by atoms with Crippen LogP contribution in [0.25, 0.3) is 0 Å². The van der Waals surface area contributed by atoms with Gasteiger partial charge in [-0.3, -0.25) is 9.69 Å². The average molecular weight is 392 g/mol. The van der Waals surface area contributed by atoms with E-state index in [1.165, 1.54) is 18.2 Å². The molecule has 0 bridgehead atoms. The first kappa shape index (κ1) is 18.4. The minimum atomic E-state index is -0.523. The third kappa shape index (κ3) is 3.25. The number of carbonyl (C=O) groups excluding carboxylic acids is 1. The summed E-state index contributed by atoms with van der Waals surface area (Å²) in [6.07, 6.45) is 2.99. The Morgan fingerprint density at radius 1 is 1.33 bits per heavy atom. The van der Waals surface area contributed by atoms with Crippen molar-refractivity contribution in [3.63, 3.8) is 0 Å². The van der Waals surface area contributed by atoms with Crippen molar-refractivity contribution in [1.29, 1.82) is 0 Å². The summed E-state index contributed by atoms with van der Waals surface area (Å²) in [5.41, 5.74) is 2.05. The highest BCUT2D eigenvalue weighted by Crippen LogP contribution is 2.40. The van der Waals surface area contributed by atoms with Crippen molar-refractivity contribution in [3.8, 4) is 0 Å². The monoisotopic (exact) mass is 391 g/mol. The molecule has 1 spiro atoms. The Morgan fingerprint density at radius 3 is 2.81 bits per heavy atom. The smallest absolute Gasteiger partial charge is 0.256 e. The molecule has 7 heteroatoms. The van der Waals surface area contributed by atoms with Gasteiger partial charge in [0.05, 0.1) is 11.3 Å². The van der Waals surface area contributed by atoms with Gasteiger partial charge in [-0.25, -0.2) is 4.39 Å². The van der Waals surface area contributed by atoms with E-state index in [0.717, 1.165) is 49.4 Å². The van der Waals surface area contributed by atoms with Crippen LogP contribution < -0.4 is 0 Å². The van der Waals surface area contributed by atoms with Gasteiger partial charge >= 0.3 is 0 Å². The molecule has 1 aromatic heterocycles. The van der Waals surface area contributed by atoms with Crippen LogP contribution in [0.15, 0.2) is 22.7 Å². The number of carbonyl (C=O) groups is 1. The molecule has 1 aromatic carbocycles. The van der Waals surface area contributed by atoms with Crippen molar-refractivity contribution in [3.05, 3.63) is 51.6 Å². The van der Waals surface area contributed by atoms with E-state index in [1.807, 2.05) is 13.8 Å². The Hall–Kier alpha value is -1.92. The molecule has 2 aliphatic heterocycles. The number of aromatic nitrogens is 1. The first-order valence-electron chi connectivity index (χ1n) is 9.31. The maximum absolute atomic E-state index is 14.1. The number of aryl methyl sites for hydroxylation is 2. The molecule has 1 atom stereocenters. The summed E-state index contributed by atoms with van der Waals surface area (Å²) in [7, 11) is 0. The molecule has 1 amide bonds. The van der Waals surface area contributed by atoms with Gasteiger partial charge in [-0.05, 0) is 51.3 Å². The Kier molecular flexibility index (Phi) is 4.72. The van der Waals surface area contributed by atoms with Crippen molar-refractivity contribution in [2.75, 3.05) is 19.6 Å². The van der Waals surface area contributed by atoms with Gasteiger partial charge in [0.25, 0.3) is 5.91 Å². The minimum absolute atomic E-state index is 0.0425. The molecule has 3 heterocycles. The fourth-order valence-corrected chi connectivity index (χ4v) is 4.50. The molecule has 5 nitrogen and oxygen atoms in total. The lowest BCUT2D eigenvalue weighted by Gasteiger charge is -2.57. The van der Waals surface area contributed by atoms with Crippen LogP contribution in [0.3, 0.4) is 0 Å². The van der Waals surface area contributed by atoms with Gasteiger partial charge in [0.15, 0.2) is 0 Å². The molecular weight excluding hydrogens is 369 g/mol. The summed E-state index contributed by atoms with van der Waals surface area (Å²) < 4.78 is 19.4. The van der Waals surface area contributed by atoms with Gasteiger partial charge in [-0.2, -0.15) is 0 Å². The summed E-state index contributed by atoms with van der Waals surface area (Å²) in [5.74, 6) is 0.0442. The van der Waals surface area contributed by atoms with Crippen LogP contribution in [0.2, 0.25) is 5.02 Å². The third-order valence-electron chi connectivity index (χ3n) is 6.05. The van der Waals surface area contributed by atoms with Gasteiger partial charge in [-0.1, -0.05) is 16.8 Å². The average Bonchev–Trinajstić information content (AvgIpc) is 2.98. The van der Waals surface area contributed by atoms with Gasteiger partial charge in [-0.15, -0.1) is 0 Å². The molecule has 27 heavy (non-hydrogen) atoms. The van der Waals surface area contributed by atoms with Crippen molar-refractivity contribution in [2.24, 2.45) is 0 Å². The normalized spacial score (nSPS) is 22.9. The largest absolute Gasteiger partial charge is 0.361 e. The number of hydrogen-bond donors (Lipinski definition) is 0. The summed E-state index contributed by atoms with van der Waals surface area (Å²) in [5, 5.41) is 4.41. The highest BCUT2D eigenvalue weighted by molar-refractivity contribution is 6.31. The fraction of sp³-hybridized carbons (Fsp3) is 0.500. The molecule has 0 radical (unpaired) electrons. The zero-order chi connectivity index (χ0) is 19.2. The van der Waals surface area contributed by atoms with E-state index in [-0.39, 0.29) is 17.0 Å².